The lowest BCUT2D eigenvalue weighted by atomic mass is 10.1. The fourth-order valence-electron chi connectivity index (χ4n) is 2.94. The van der Waals surface area contributed by atoms with Crippen molar-refractivity contribution in [2.75, 3.05) is 78.5 Å². The van der Waals surface area contributed by atoms with Crippen LogP contribution in [0, 0.1) is 11.8 Å². The molecule has 0 atom stereocenters. The van der Waals surface area contributed by atoms with Crippen molar-refractivity contribution in [2.45, 2.75) is 0 Å². The zero-order valence-electron chi connectivity index (χ0n) is 15.0. The molecule has 0 saturated carbocycles. The van der Waals surface area contributed by atoms with E-state index < -0.39 is 0 Å². The largest absolute Gasteiger partial charge is 0.355 e. The molecule has 0 bridgehead atoms. The molecule has 2 fully saturated rings. The summed E-state index contributed by atoms with van der Waals surface area (Å²) in [7, 11) is 0. The Hall–Kier alpha value is -1.26. The highest BCUT2D eigenvalue weighted by atomic mass is 16.2. The van der Waals surface area contributed by atoms with E-state index in [4.69, 9.17) is 0 Å². The standard InChI is InChI=1S/C16H33N7O2/c24-15(13-9-18-1-2-19-10-13)22-7-5-17-6-8-23-16(25)14-11-20-3-4-21-12-14/h13-14,17-21H,1-12H2,(H,22,24)(H,23,25). The second kappa shape index (κ2) is 12.2. The maximum Gasteiger partial charge on any atom is 0.225 e. The number of amides is 2. The fraction of sp³-hybridized carbons (Fsp3) is 0.875. The van der Waals surface area contributed by atoms with Crippen LogP contribution in [0.25, 0.3) is 0 Å². The minimum absolute atomic E-state index is 0.0106. The maximum absolute atomic E-state index is 12.0. The van der Waals surface area contributed by atoms with Crippen LogP contribution in [0.15, 0.2) is 0 Å². The number of hydrogen-bond acceptors (Lipinski definition) is 7. The van der Waals surface area contributed by atoms with Crippen molar-refractivity contribution in [3.63, 3.8) is 0 Å². The van der Waals surface area contributed by atoms with E-state index in [1.54, 1.807) is 0 Å². The molecule has 2 heterocycles. The lowest BCUT2D eigenvalue weighted by Crippen LogP contribution is -2.43. The Kier molecular flexibility index (Phi) is 9.75. The number of rotatable bonds is 8. The first-order chi connectivity index (χ1) is 12.3. The molecular weight excluding hydrogens is 322 g/mol. The van der Waals surface area contributed by atoms with Crippen LogP contribution in [0.1, 0.15) is 0 Å². The lowest BCUT2D eigenvalue weighted by Gasteiger charge is -2.15. The van der Waals surface area contributed by atoms with Crippen LogP contribution in [0.4, 0.5) is 0 Å². The Bertz CT molecular complexity index is 356. The van der Waals surface area contributed by atoms with Gasteiger partial charge in [0.1, 0.15) is 0 Å². The molecule has 9 nitrogen and oxygen atoms in total. The highest BCUT2D eigenvalue weighted by Crippen LogP contribution is 1.96. The average Bonchev–Trinajstić information content (AvgIpc) is 3.05. The smallest absolute Gasteiger partial charge is 0.225 e. The van der Waals surface area contributed by atoms with E-state index in [9.17, 15) is 9.59 Å². The van der Waals surface area contributed by atoms with Gasteiger partial charge in [-0.15, -0.1) is 0 Å². The zero-order valence-corrected chi connectivity index (χ0v) is 15.0. The molecule has 9 heteroatoms. The molecule has 0 radical (unpaired) electrons. The molecule has 2 saturated heterocycles. The van der Waals surface area contributed by atoms with E-state index >= 15 is 0 Å². The Morgan fingerprint density at radius 2 is 1.00 bits per heavy atom. The Balaban J connectivity index is 1.46. The van der Waals surface area contributed by atoms with Gasteiger partial charge in [-0.2, -0.15) is 0 Å². The fourth-order valence-corrected chi connectivity index (χ4v) is 2.94. The molecule has 0 aromatic rings. The van der Waals surface area contributed by atoms with Gasteiger partial charge in [0.05, 0.1) is 11.8 Å². The van der Waals surface area contributed by atoms with Crippen LogP contribution in [-0.4, -0.2) is 90.4 Å². The predicted octanol–water partition coefficient (Wildman–Crippen LogP) is -3.57. The van der Waals surface area contributed by atoms with Crippen molar-refractivity contribution in [3.05, 3.63) is 0 Å². The molecule has 0 aromatic heterocycles. The third-order valence-corrected chi connectivity index (χ3v) is 4.46. The second-order valence-electron chi connectivity index (χ2n) is 6.54. The molecule has 0 unspecified atom stereocenters. The summed E-state index contributed by atoms with van der Waals surface area (Å²) in [6, 6.07) is 0. The van der Waals surface area contributed by atoms with Gasteiger partial charge < -0.3 is 37.2 Å². The quantitative estimate of drug-likeness (QED) is 0.225. The third kappa shape index (κ3) is 8.10. The van der Waals surface area contributed by atoms with E-state index in [1.807, 2.05) is 0 Å². The van der Waals surface area contributed by atoms with Crippen molar-refractivity contribution in [3.8, 4) is 0 Å². The molecule has 0 spiro atoms. The summed E-state index contributed by atoms with van der Waals surface area (Å²) in [6.07, 6.45) is 0. The number of carbonyl (C=O) groups excluding carboxylic acids is 2. The molecule has 144 valence electrons. The van der Waals surface area contributed by atoms with Crippen LogP contribution >= 0.6 is 0 Å². The van der Waals surface area contributed by atoms with Gasteiger partial charge in [-0.25, -0.2) is 0 Å². The van der Waals surface area contributed by atoms with Gasteiger partial charge in [-0.05, 0) is 0 Å². The topological polar surface area (TPSA) is 118 Å². The Labute approximate surface area is 149 Å². The molecule has 2 amide bonds. The van der Waals surface area contributed by atoms with E-state index in [2.05, 4.69) is 37.2 Å². The third-order valence-electron chi connectivity index (χ3n) is 4.46. The second-order valence-corrected chi connectivity index (χ2v) is 6.54. The highest BCUT2D eigenvalue weighted by molar-refractivity contribution is 5.79. The van der Waals surface area contributed by atoms with E-state index in [-0.39, 0.29) is 23.7 Å². The van der Waals surface area contributed by atoms with Gasteiger partial charge in [-0.1, -0.05) is 0 Å². The summed E-state index contributed by atoms with van der Waals surface area (Å²) in [5, 5.41) is 22.1. The molecular formula is C16H33N7O2. The van der Waals surface area contributed by atoms with Gasteiger partial charge in [0, 0.05) is 78.5 Å². The lowest BCUT2D eigenvalue weighted by molar-refractivity contribution is -0.125. The van der Waals surface area contributed by atoms with Gasteiger partial charge in [-0.3, -0.25) is 9.59 Å². The van der Waals surface area contributed by atoms with Crippen LogP contribution < -0.4 is 37.2 Å². The maximum atomic E-state index is 12.0. The van der Waals surface area contributed by atoms with Crippen molar-refractivity contribution >= 4 is 11.8 Å². The Morgan fingerprint density at radius 1 is 0.640 bits per heavy atom. The van der Waals surface area contributed by atoms with Gasteiger partial charge in [0.2, 0.25) is 11.8 Å². The van der Waals surface area contributed by atoms with Gasteiger partial charge >= 0.3 is 0 Å². The summed E-state index contributed by atoms with van der Waals surface area (Å²) in [5.74, 6) is 0.155. The van der Waals surface area contributed by atoms with E-state index in [0.29, 0.717) is 26.2 Å². The monoisotopic (exact) mass is 355 g/mol. The van der Waals surface area contributed by atoms with Crippen LogP contribution in [-0.2, 0) is 9.59 Å². The van der Waals surface area contributed by atoms with Gasteiger partial charge in [0.15, 0.2) is 0 Å². The minimum atomic E-state index is -0.0106. The predicted molar refractivity (Wildman–Crippen MR) is 97.3 cm³/mol. The summed E-state index contributed by atoms with van der Waals surface area (Å²) in [4.78, 5) is 24.1. The number of nitrogens with one attached hydrogen (secondary N) is 7. The van der Waals surface area contributed by atoms with Crippen LogP contribution in [0.5, 0.6) is 0 Å². The number of hydrogen-bond donors (Lipinski definition) is 7. The molecule has 0 aromatic carbocycles. The first-order valence-electron chi connectivity index (χ1n) is 9.36. The summed E-state index contributed by atoms with van der Waals surface area (Å²) >= 11 is 0. The van der Waals surface area contributed by atoms with E-state index in [1.165, 1.54) is 0 Å². The SMILES string of the molecule is O=C(NCCNCCNC(=O)C1CNCCNC1)C1CNCCNC1. The molecule has 0 aliphatic carbocycles. The normalized spacial score (nSPS) is 20.5. The average molecular weight is 355 g/mol. The molecule has 7 N–H and O–H groups in total. The minimum Gasteiger partial charge on any atom is -0.355 e. The van der Waals surface area contributed by atoms with Crippen molar-refractivity contribution in [1.29, 1.82) is 0 Å². The molecule has 2 aliphatic rings. The number of carbonyl (C=O) groups is 2. The summed E-state index contributed by atoms with van der Waals surface area (Å²) in [5.41, 5.74) is 0. The van der Waals surface area contributed by atoms with Gasteiger partial charge in [0.25, 0.3) is 0 Å². The van der Waals surface area contributed by atoms with Crippen molar-refractivity contribution in [1.82, 2.24) is 37.2 Å². The first kappa shape index (κ1) is 20.1. The van der Waals surface area contributed by atoms with Crippen LogP contribution in [0.3, 0.4) is 0 Å². The summed E-state index contributed by atoms with van der Waals surface area (Å²) in [6.45, 7) is 9.11. The zero-order chi connectivity index (χ0) is 17.7. The van der Waals surface area contributed by atoms with Crippen molar-refractivity contribution in [2.24, 2.45) is 11.8 Å². The summed E-state index contributed by atoms with van der Waals surface area (Å²) < 4.78 is 0. The highest BCUT2D eigenvalue weighted by Gasteiger charge is 2.19. The van der Waals surface area contributed by atoms with E-state index in [0.717, 1.165) is 52.4 Å². The molecule has 2 rings (SSSR count). The molecule has 25 heavy (non-hydrogen) atoms. The first-order valence-corrected chi connectivity index (χ1v) is 9.36. The van der Waals surface area contributed by atoms with Crippen molar-refractivity contribution < 1.29 is 9.59 Å². The van der Waals surface area contributed by atoms with Crippen LogP contribution in [0.2, 0.25) is 0 Å². The Morgan fingerprint density at radius 3 is 1.36 bits per heavy atom. The molecule has 2 aliphatic heterocycles.